The minimum absolute atomic E-state index is 0.0965. The molecule has 1 saturated heterocycles. The highest BCUT2D eigenvalue weighted by Gasteiger charge is 2.19. The number of rotatable bonds is 3. The van der Waals surface area contributed by atoms with Gasteiger partial charge in [-0.15, -0.1) is 11.3 Å². The van der Waals surface area contributed by atoms with E-state index in [1.807, 2.05) is 25.1 Å². The summed E-state index contributed by atoms with van der Waals surface area (Å²) < 4.78 is 0. The monoisotopic (exact) mass is 276 g/mol. The second-order valence-electron chi connectivity index (χ2n) is 4.74. The van der Waals surface area contributed by atoms with Crippen LogP contribution in [-0.2, 0) is 0 Å². The van der Waals surface area contributed by atoms with Gasteiger partial charge in [0.1, 0.15) is 0 Å². The zero-order valence-electron chi connectivity index (χ0n) is 10.7. The molecule has 0 aromatic carbocycles. The van der Waals surface area contributed by atoms with E-state index in [0.717, 1.165) is 23.5 Å². The number of aromatic amines is 1. The lowest BCUT2D eigenvalue weighted by molar-refractivity contribution is 0.103. The van der Waals surface area contributed by atoms with E-state index in [1.165, 1.54) is 11.3 Å². The molecule has 1 amide bonds. The summed E-state index contributed by atoms with van der Waals surface area (Å²) in [5, 5.41) is 13.0. The maximum atomic E-state index is 12.1. The van der Waals surface area contributed by atoms with Crippen LogP contribution in [0.1, 0.15) is 39.1 Å². The molecular weight excluding hydrogens is 260 g/mol. The molecule has 1 aliphatic rings. The number of thiophene rings is 1. The molecule has 0 bridgehead atoms. The van der Waals surface area contributed by atoms with Crippen molar-refractivity contribution >= 4 is 23.1 Å². The minimum Gasteiger partial charge on any atom is -0.309 e. The predicted molar refractivity (Wildman–Crippen MR) is 75.6 cm³/mol. The van der Waals surface area contributed by atoms with Crippen molar-refractivity contribution in [2.24, 2.45) is 0 Å². The van der Waals surface area contributed by atoms with Crippen LogP contribution < -0.4 is 10.6 Å². The van der Waals surface area contributed by atoms with Crippen LogP contribution in [0.4, 0.5) is 5.82 Å². The lowest BCUT2D eigenvalue weighted by atomic mass is 10.2. The van der Waals surface area contributed by atoms with Crippen molar-refractivity contribution in [3.05, 3.63) is 33.6 Å². The molecule has 0 unspecified atom stereocenters. The molecule has 0 spiro atoms. The zero-order chi connectivity index (χ0) is 13.2. The molecule has 19 heavy (non-hydrogen) atoms. The summed E-state index contributed by atoms with van der Waals surface area (Å²) in [6.07, 6.45) is 2.36. The first kappa shape index (κ1) is 12.4. The molecule has 2 aromatic rings. The number of aryl methyl sites for hydroxylation is 1. The fraction of sp³-hybridized carbons (Fsp3) is 0.385. The molecule has 1 aliphatic heterocycles. The van der Waals surface area contributed by atoms with Gasteiger partial charge in [-0.25, -0.2) is 0 Å². The third-order valence-electron chi connectivity index (χ3n) is 3.20. The number of amides is 1. The third kappa shape index (κ3) is 2.69. The summed E-state index contributed by atoms with van der Waals surface area (Å²) >= 11 is 1.55. The van der Waals surface area contributed by atoms with Crippen LogP contribution in [0.15, 0.2) is 18.2 Å². The molecule has 1 fully saturated rings. The summed E-state index contributed by atoms with van der Waals surface area (Å²) in [4.78, 5) is 14.0. The summed E-state index contributed by atoms with van der Waals surface area (Å²) in [6.45, 7) is 2.97. The Morgan fingerprint density at radius 2 is 2.42 bits per heavy atom. The van der Waals surface area contributed by atoms with Gasteiger partial charge in [0.05, 0.1) is 4.88 Å². The number of nitrogens with one attached hydrogen (secondary N) is 3. The summed E-state index contributed by atoms with van der Waals surface area (Å²) in [6, 6.07) is 6.15. The number of H-pyrrole nitrogens is 1. The molecule has 5 nitrogen and oxygen atoms in total. The molecule has 3 N–H and O–H groups in total. The fourth-order valence-electron chi connectivity index (χ4n) is 2.25. The number of hydrogen-bond donors (Lipinski definition) is 3. The van der Waals surface area contributed by atoms with Gasteiger partial charge in [-0.1, -0.05) is 0 Å². The molecule has 3 heterocycles. The molecule has 6 heteroatoms. The topological polar surface area (TPSA) is 69.8 Å². The van der Waals surface area contributed by atoms with Crippen molar-refractivity contribution in [1.82, 2.24) is 15.5 Å². The lowest BCUT2D eigenvalue weighted by Crippen LogP contribution is -2.11. The number of carbonyl (C=O) groups is 1. The van der Waals surface area contributed by atoms with Gasteiger partial charge in [-0.3, -0.25) is 9.89 Å². The van der Waals surface area contributed by atoms with Gasteiger partial charge in [-0.05, 0) is 38.4 Å². The largest absolute Gasteiger partial charge is 0.309 e. The highest BCUT2D eigenvalue weighted by Crippen LogP contribution is 2.29. The number of aromatic nitrogens is 2. The maximum absolute atomic E-state index is 12.1. The van der Waals surface area contributed by atoms with E-state index >= 15 is 0 Å². The molecule has 1 atom stereocenters. The van der Waals surface area contributed by atoms with Gasteiger partial charge in [0.2, 0.25) is 0 Å². The number of nitrogens with zero attached hydrogens (tertiary/aromatic N) is 1. The Balaban J connectivity index is 1.69. The maximum Gasteiger partial charge on any atom is 0.266 e. The average Bonchev–Trinajstić information content (AvgIpc) is 3.08. The number of hydrogen-bond acceptors (Lipinski definition) is 4. The van der Waals surface area contributed by atoms with Crippen LogP contribution in [0.25, 0.3) is 0 Å². The highest BCUT2D eigenvalue weighted by molar-refractivity contribution is 7.14. The van der Waals surface area contributed by atoms with Crippen molar-refractivity contribution in [3.8, 4) is 0 Å². The second-order valence-corrected chi connectivity index (χ2v) is 5.86. The Hall–Kier alpha value is -1.66. The Morgan fingerprint density at radius 3 is 3.11 bits per heavy atom. The molecule has 100 valence electrons. The van der Waals surface area contributed by atoms with Crippen LogP contribution in [0, 0.1) is 6.92 Å². The minimum atomic E-state index is -0.0965. The van der Waals surface area contributed by atoms with Crippen LogP contribution in [0.5, 0.6) is 0 Å². The predicted octanol–water partition coefficient (Wildman–Crippen LogP) is 2.46. The molecule has 3 rings (SSSR count). The average molecular weight is 276 g/mol. The second kappa shape index (κ2) is 5.14. The van der Waals surface area contributed by atoms with E-state index in [-0.39, 0.29) is 5.91 Å². The van der Waals surface area contributed by atoms with Gasteiger partial charge < -0.3 is 10.6 Å². The van der Waals surface area contributed by atoms with Gasteiger partial charge in [0.15, 0.2) is 5.82 Å². The van der Waals surface area contributed by atoms with E-state index in [2.05, 4.69) is 20.8 Å². The zero-order valence-corrected chi connectivity index (χ0v) is 11.5. The van der Waals surface area contributed by atoms with Gasteiger partial charge in [-0.2, -0.15) is 5.10 Å². The van der Waals surface area contributed by atoms with Gasteiger partial charge >= 0.3 is 0 Å². The summed E-state index contributed by atoms with van der Waals surface area (Å²) in [5.74, 6) is 0.470. The quantitative estimate of drug-likeness (QED) is 0.806. The summed E-state index contributed by atoms with van der Waals surface area (Å²) in [5.41, 5.74) is 0.928. The molecule has 0 radical (unpaired) electrons. The van der Waals surface area contributed by atoms with E-state index in [9.17, 15) is 4.79 Å². The van der Waals surface area contributed by atoms with Crippen molar-refractivity contribution in [3.63, 3.8) is 0 Å². The van der Waals surface area contributed by atoms with Gasteiger partial charge in [0.25, 0.3) is 5.91 Å². The molecular formula is C13H16N4OS. The van der Waals surface area contributed by atoms with E-state index in [0.29, 0.717) is 11.9 Å². The van der Waals surface area contributed by atoms with Crippen molar-refractivity contribution in [2.45, 2.75) is 25.8 Å². The number of carbonyl (C=O) groups excluding carboxylic acids is 1. The Labute approximate surface area is 115 Å². The van der Waals surface area contributed by atoms with E-state index < -0.39 is 0 Å². The van der Waals surface area contributed by atoms with Crippen LogP contribution in [0.2, 0.25) is 0 Å². The van der Waals surface area contributed by atoms with E-state index in [4.69, 9.17) is 0 Å². The van der Waals surface area contributed by atoms with Crippen LogP contribution in [0.3, 0.4) is 0 Å². The first-order valence-corrected chi connectivity index (χ1v) is 7.20. The van der Waals surface area contributed by atoms with Crippen LogP contribution in [-0.4, -0.2) is 22.6 Å². The van der Waals surface area contributed by atoms with E-state index in [1.54, 1.807) is 11.3 Å². The number of anilines is 1. The van der Waals surface area contributed by atoms with Gasteiger partial charge in [0, 0.05) is 22.7 Å². The standard InChI is InChI=1S/C13H16N4OS/c1-8-7-12(17-16-8)15-13(18)11-5-4-10(19-11)9-3-2-6-14-9/h4-5,7,9,14H,2-3,6H2,1H3,(H2,15,16,17,18)/t9-/m1/s1. The molecule has 0 saturated carbocycles. The fourth-order valence-corrected chi connectivity index (χ4v) is 3.26. The Kier molecular flexibility index (Phi) is 3.35. The molecule has 0 aliphatic carbocycles. The summed E-state index contributed by atoms with van der Waals surface area (Å²) in [7, 11) is 0. The Morgan fingerprint density at radius 1 is 1.53 bits per heavy atom. The normalized spacial score (nSPS) is 18.7. The first-order chi connectivity index (χ1) is 9.22. The SMILES string of the molecule is Cc1cc(NC(=O)c2ccc([C@H]3CCCN3)s2)n[nH]1. The van der Waals surface area contributed by atoms with Crippen molar-refractivity contribution in [2.75, 3.05) is 11.9 Å². The molecule has 2 aromatic heterocycles. The Bertz CT molecular complexity index is 583. The van der Waals surface area contributed by atoms with Crippen molar-refractivity contribution in [1.29, 1.82) is 0 Å². The van der Waals surface area contributed by atoms with Crippen molar-refractivity contribution < 1.29 is 4.79 Å². The highest BCUT2D eigenvalue weighted by atomic mass is 32.1. The first-order valence-electron chi connectivity index (χ1n) is 6.39. The third-order valence-corrected chi connectivity index (χ3v) is 4.40. The smallest absolute Gasteiger partial charge is 0.266 e. The lowest BCUT2D eigenvalue weighted by Gasteiger charge is -2.05. The van der Waals surface area contributed by atoms with Crippen LogP contribution >= 0.6 is 11.3 Å².